The van der Waals surface area contributed by atoms with Gasteiger partial charge in [0.25, 0.3) is 0 Å². The number of benzene rings is 1. The monoisotopic (exact) mass is 259 g/mol. The molecule has 0 fully saturated rings. The third-order valence-electron chi connectivity index (χ3n) is 2.17. The number of methoxy groups -OCH3 is 1. The first kappa shape index (κ1) is 14.0. The lowest BCUT2D eigenvalue weighted by Crippen LogP contribution is -2.26. The maximum atomic E-state index is 11.5. The fourth-order valence-corrected chi connectivity index (χ4v) is 2.35. The summed E-state index contributed by atoms with van der Waals surface area (Å²) < 4.78 is 30.3. The van der Waals surface area contributed by atoms with E-state index in [0.29, 0.717) is 13.0 Å². The van der Waals surface area contributed by atoms with Crippen molar-refractivity contribution in [3.05, 3.63) is 29.8 Å². The van der Waals surface area contributed by atoms with Crippen molar-refractivity contribution in [2.45, 2.75) is 13.0 Å². The second-order valence-electron chi connectivity index (χ2n) is 3.66. The molecular weight excluding hydrogens is 242 g/mol. The summed E-state index contributed by atoms with van der Waals surface area (Å²) in [5, 5.41) is 9.22. The van der Waals surface area contributed by atoms with E-state index in [1.807, 2.05) is 0 Å². The number of aromatic hydroxyl groups is 1. The molecule has 0 heterocycles. The molecule has 2 N–H and O–H groups in total. The molecule has 96 valence electrons. The molecule has 0 saturated heterocycles. The SMILES string of the molecule is COCCCS(=O)(=O)NCc1cccc(O)c1. The Morgan fingerprint density at radius 1 is 1.41 bits per heavy atom. The zero-order valence-corrected chi connectivity index (χ0v) is 10.5. The first-order chi connectivity index (χ1) is 8.03. The summed E-state index contributed by atoms with van der Waals surface area (Å²) >= 11 is 0. The van der Waals surface area contributed by atoms with E-state index in [-0.39, 0.29) is 18.0 Å². The molecule has 17 heavy (non-hydrogen) atoms. The average molecular weight is 259 g/mol. The number of nitrogens with one attached hydrogen (secondary N) is 1. The van der Waals surface area contributed by atoms with Crippen LogP contribution >= 0.6 is 0 Å². The van der Waals surface area contributed by atoms with E-state index in [0.717, 1.165) is 5.56 Å². The minimum atomic E-state index is -3.28. The van der Waals surface area contributed by atoms with Gasteiger partial charge in [-0.2, -0.15) is 0 Å². The molecule has 0 unspecified atom stereocenters. The topological polar surface area (TPSA) is 75.6 Å². The molecule has 6 heteroatoms. The normalized spacial score (nSPS) is 11.6. The number of ether oxygens (including phenoxy) is 1. The Bertz CT molecular complexity index is 445. The van der Waals surface area contributed by atoms with Gasteiger partial charge in [-0.15, -0.1) is 0 Å². The molecule has 0 aromatic heterocycles. The Kier molecular flexibility index (Phi) is 5.40. The van der Waals surface area contributed by atoms with Crippen LogP contribution in [0.5, 0.6) is 5.75 Å². The fraction of sp³-hybridized carbons (Fsp3) is 0.455. The lowest BCUT2D eigenvalue weighted by Gasteiger charge is -2.06. The number of phenols is 1. The number of rotatable bonds is 7. The highest BCUT2D eigenvalue weighted by Crippen LogP contribution is 2.10. The molecular formula is C11H17NO4S. The van der Waals surface area contributed by atoms with E-state index in [1.54, 1.807) is 12.1 Å². The second kappa shape index (κ2) is 6.58. The summed E-state index contributed by atoms with van der Waals surface area (Å²) in [5.41, 5.74) is 0.723. The summed E-state index contributed by atoms with van der Waals surface area (Å²) in [5.74, 6) is 0.167. The zero-order chi connectivity index (χ0) is 12.7. The van der Waals surface area contributed by atoms with Gasteiger partial charge in [-0.1, -0.05) is 12.1 Å². The lowest BCUT2D eigenvalue weighted by molar-refractivity contribution is 0.199. The maximum absolute atomic E-state index is 11.5. The second-order valence-corrected chi connectivity index (χ2v) is 5.58. The Morgan fingerprint density at radius 2 is 2.18 bits per heavy atom. The molecule has 0 bridgehead atoms. The van der Waals surface area contributed by atoms with E-state index in [2.05, 4.69) is 4.72 Å². The van der Waals surface area contributed by atoms with Crippen LogP contribution in [0.25, 0.3) is 0 Å². The fourth-order valence-electron chi connectivity index (χ4n) is 1.33. The summed E-state index contributed by atoms with van der Waals surface area (Å²) in [6.45, 7) is 0.608. The van der Waals surface area contributed by atoms with Crippen LogP contribution in [-0.2, 0) is 21.3 Å². The molecule has 0 atom stereocenters. The Morgan fingerprint density at radius 3 is 2.82 bits per heavy atom. The molecule has 0 aliphatic heterocycles. The molecule has 5 nitrogen and oxygen atoms in total. The molecule has 1 rings (SSSR count). The van der Waals surface area contributed by atoms with E-state index < -0.39 is 10.0 Å². The third-order valence-corrected chi connectivity index (χ3v) is 3.58. The van der Waals surface area contributed by atoms with Gasteiger partial charge >= 0.3 is 0 Å². The molecule has 0 aliphatic rings. The van der Waals surface area contributed by atoms with E-state index in [1.165, 1.54) is 19.2 Å². The van der Waals surface area contributed by atoms with Gasteiger partial charge in [-0.05, 0) is 24.1 Å². The third kappa shape index (κ3) is 5.67. The van der Waals surface area contributed by atoms with Gasteiger partial charge < -0.3 is 9.84 Å². The first-order valence-electron chi connectivity index (χ1n) is 5.28. The van der Waals surface area contributed by atoms with Crippen molar-refractivity contribution in [3.8, 4) is 5.75 Å². The van der Waals surface area contributed by atoms with Crippen molar-refractivity contribution in [1.82, 2.24) is 4.72 Å². The number of phenolic OH excluding ortho intramolecular Hbond substituents is 1. The quantitative estimate of drug-likeness (QED) is 0.712. The number of hydrogen-bond acceptors (Lipinski definition) is 4. The van der Waals surface area contributed by atoms with Crippen LogP contribution in [-0.4, -0.2) is 33.0 Å². The predicted molar refractivity (Wildman–Crippen MR) is 65.2 cm³/mol. The van der Waals surface area contributed by atoms with Gasteiger partial charge in [-0.25, -0.2) is 13.1 Å². The lowest BCUT2D eigenvalue weighted by atomic mass is 10.2. The smallest absolute Gasteiger partial charge is 0.211 e. The van der Waals surface area contributed by atoms with Crippen molar-refractivity contribution in [2.75, 3.05) is 19.5 Å². The molecule has 0 saturated carbocycles. The van der Waals surface area contributed by atoms with Gasteiger partial charge in [0.15, 0.2) is 0 Å². The van der Waals surface area contributed by atoms with Crippen LogP contribution in [0.3, 0.4) is 0 Å². The summed E-state index contributed by atoms with van der Waals surface area (Å²) in [6, 6.07) is 6.48. The first-order valence-corrected chi connectivity index (χ1v) is 6.93. The minimum absolute atomic E-state index is 0.0413. The van der Waals surface area contributed by atoms with Crippen LogP contribution in [0.4, 0.5) is 0 Å². The average Bonchev–Trinajstić information content (AvgIpc) is 2.27. The van der Waals surface area contributed by atoms with Crippen LogP contribution in [0, 0.1) is 0 Å². The van der Waals surface area contributed by atoms with Gasteiger partial charge in [0.2, 0.25) is 10.0 Å². The molecule has 1 aromatic carbocycles. The highest BCUT2D eigenvalue weighted by atomic mass is 32.2. The van der Waals surface area contributed by atoms with Crippen molar-refractivity contribution < 1.29 is 18.3 Å². The van der Waals surface area contributed by atoms with Gasteiger partial charge in [0.05, 0.1) is 5.75 Å². The van der Waals surface area contributed by atoms with E-state index in [4.69, 9.17) is 4.74 Å². The van der Waals surface area contributed by atoms with Crippen LogP contribution in [0.1, 0.15) is 12.0 Å². The molecule has 0 spiro atoms. The zero-order valence-electron chi connectivity index (χ0n) is 9.72. The van der Waals surface area contributed by atoms with E-state index in [9.17, 15) is 13.5 Å². The van der Waals surface area contributed by atoms with Crippen LogP contribution < -0.4 is 4.72 Å². The molecule has 0 radical (unpaired) electrons. The molecule has 0 amide bonds. The van der Waals surface area contributed by atoms with Crippen molar-refractivity contribution in [2.24, 2.45) is 0 Å². The Hall–Kier alpha value is -1.11. The van der Waals surface area contributed by atoms with Crippen molar-refractivity contribution in [1.29, 1.82) is 0 Å². The largest absolute Gasteiger partial charge is 0.508 e. The van der Waals surface area contributed by atoms with E-state index >= 15 is 0 Å². The van der Waals surface area contributed by atoms with Gasteiger partial charge in [0, 0.05) is 20.3 Å². The van der Waals surface area contributed by atoms with Gasteiger partial charge in [0.1, 0.15) is 5.75 Å². The summed E-state index contributed by atoms with van der Waals surface area (Å²) in [4.78, 5) is 0. The van der Waals surface area contributed by atoms with Crippen LogP contribution in [0.15, 0.2) is 24.3 Å². The van der Waals surface area contributed by atoms with Gasteiger partial charge in [-0.3, -0.25) is 0 Å². The minimum Gasteiger partial charge on any atom is -0.508 e. The standard InChI is InChI=1S/C11H17NO4S/c1-16-6-3-7-17(14,15)12-9-10-4-2-5-11(13)8-10/h2,4-5,8,12-13H,3,6-7,9H2,1H3. The van der Waals surface area contributed by atoms with Crippen molar-refractivity contribution in [3.63, 3.8) is 0 Å². The van der Waals surface area contributed by atoms with Crippen LogP contribution in [0.2, 0.25) is 0 Å². The summed E-state index contributed by atoms with van der Waals surface area (Å²) in [7, 11) is -1.74. The highest BCUT2D eigenvalue weighted by molar-refractivity contribution is 7.89. The highest BCUT2D eigenvalue weighted by Gasteiger charge is 2.09. The predicted octanol–water partition coefficient (Wildman–Crippen LogP) is 0.848. The number of hydrogen-bond donors (Lipinski definition) is 2. The Balaban J connectivity index is 2.44. The summed E-state index contributed by atoms with van der Waals surface area (Å²) in [6.07, 6.45) is 0.464. The number of sulfonamides is 1. The maximum Gasteiger partial charge on any atom is 0.211 e. The Labute approximate surface area is 101 Å². The molecule has 1 aromatic rings. The molecule has 0 aliphatic carbocycles. The van der Waals surface area contributed by atoms with Crippen molar-refractivity contribution >= 4 is 10.0 Å².